The molecule has 1 aliphatic heterocycles. The molecule has 1 saturated heterocycles. The number of ether oxygens (including phenoxy) is 3. The number of allylic oxidation sites excluding steroid dienone is 1. The Balaban J connectivity index is 1.81. The molecule has 6 atom stereocenters. The average Bonchev–Trinajstić information content (AvgIpc) is 3.19. The van der Waals surface area contributed by atoms with E-state index in [1.54, 1.807) is 30.3 Å². The van der Waals surface area contributed by atoms with Crippen LogP contribution >= 0.6 is 0 Å². The van der Waals surface area contributed by atoms with Crippen molar-refractivity contribution in [2.24, 2.45) is 5.41 Å². The number of aliphatic hydroxyl groups is 3. The lowest BCUT2D eigenvalue weighted by molar-refractivity contribution is -0.150. The van der Waals surface area contributed by atoms with Gasteiger partial charge in [0, 0.05) is 7.11 Å². The quantitative estimate of drug-likeness (QED) is 0.0852. The second kappa shape index (κ2) is 20.3. The summed E-state index contributed by atoms with van der Waals surface area (Å²) in [5.74, 6) is -1.17. The Morgan fingerprint density at radius 1 is 0.978 bits per heavy atom. The van der Waals surface area contributed by atoms with Crippen molar-refractivity contribution < 1.29 is 43.9 Å². The number of hydrogen-bond acceptors (Lipinski definition) is 9. The number of carbonyl (C=O) groups is 3. The molecule has 1 aromatic rings. The van der Waals surface area contributed by atoms with Crippen LogP contribution in [0.1, 0.15) is 102 Å². The number of hydrogen-bond donors (Lipinski definition) is 5. The number of amides is 2. The van der Waals surface area contributed by atoms with Gasteiger partial charge in [0.25, 0.3) is 5.91 Å². The molecule has 0 unspecified atom stereocenters. The van der Waals surface area contributed by atoms with Crippen molar-refractivity contribution in [3.8, 4) is 5.75 Å². The van der Waals surface area contributed by atoms with E-state index in [0.717, 1.165) is 12.8 Å². The summed E-state index contributed by atoms with van der Waals surface area (Å²) in [6.07, 6.45) is 6.15. The van der Waals surface area contributed by atoms with E-state index in [1.165, 1.54) is 51.7 Å². The van der Waals surface area contributed by atoms with Gasteiger partial charge in [0.15, 0.2) is 6.10 Å². The van der Waals surface area contributed by atoms with Gasteiger partial charge in [0.05, 0.1) is 18.7 Å². The molecule has 0 bridgehead atoms. The Morgan fingerprint density at radius 3 is 2.22 bits per heavy atom. The molecular weight excluding hydrogens is 592 g/mol. The fraction of sp³-hybridized carbons (Fsp3) is 0.686. The highest BCUT2D eigenvalue weighted by molar-refractivity contribution is 5.91. The highest BCUT2D eigenvalue weighted by atomic mass is 16.5. The SMILES string of the molecule is CCCCCCCCCCOc1ccc(C(=O)O[C@@H]2CC[C@H](NC(=O)[C@H](OC)[C@H](O)[C@@H](O)[C@H](O)/C=C/C(C)(C)C)C(=O)NC2)cc1. The van der Waals surface area contributed by atoms with E-state index >= 15 is 0 Å². The summed E-state index contributed by atoms with van der Waals surface area (Å²) < 4.78 is 16.6. The summed E-state index contributed by atoms with van der Waals surface area (Å²) in [7, 11) is 1.18. The van der Waals surface area contributed by atoms with Gasteiger partial charge < -0.3 is 40.2 Å². The Labute approximate surface area is 274 Å². The lowest BCUT2D eigenvalue weighted by Gasteiger charge is -2.28. The third kappa shape index (κ3) is 14.2. The molecule has 0 spiro atoms. The van der Waals surface area contributed by atoms with Crippen LogP contribution in [0.15, 0.2) is 36.4 Å². The van der Waals surface area contributed by atoms with Gasteiger partial charge in [-0.1, -0.05) is 84.8 Å². The number of unbranched alkanes of at least 4 members (excludes halogenated alkanes) is 7. The Bertz CT molecular complexity index is 1090. The maximum atomic E-state index is 12.9. The van der Waals surface area contributed by atoms with Gasteiger partial charge in [-0.05, 0) is 48.9 Å². The fourth-order valence-corrected chi connectivity index (χ4v) is 5.03. The lowest BCUT2D eigenvalue weighted by Crippen LogP contribution is -2.55. The maximum absolute atomic E-state index is 12.9. The van der Waals surface area contributed by atoms with Crippen molar-refractivity contribution >= 4 is 17.8 Å². The van der Waals surface area contributed by atoms with Crippen LogP contribution in [0.25, 0.3) is 0 Å². The molecule has 0 aromatic heterocycles. The molecule has 46 heavy (non-hydrogen) atoms. The summed E-state index contributed by atoms with van der Waals surface area (Å²) in [6, 6.07) is 5.77. The smallest absolute Gasteiger partial charge is 0.338 e. The lowest BCUT2D eigenvalue weighted by atomic mass is 9.94. The molecule has 1 aromatic carbocycles. The van der Waals surface area contributed by atoms with Gasteiger partial charge in [-0.15, -0.1) is 0 Å². The second-order valence-corrected chi connectivity index (χ2v) is 13.1. The number of nitrogens with one attached hydrogen (secondary N) is 2. The van der Waals surface area contributed by atoms with Crippen molar-refractivity contribution in [1.82, 2.24) is 10.6 Å². The molecule has 0 saturated carbocycles. The first kappa shape index (κ1) is 39.2. The minimum absolute atomic E-state index is 0.0676. The molecule has 0 radical (unpaired) electrons. The molecule has 1 fully saturated rings. The minimum Gasteiger partial charge on any atom is -0.494 e. The van der Waals surface area contributed by atoms with Crippen molar-refractivity contribution in [2.75, 3.05) is 20.3 Å². The predicted octanol–water partition coefficient (Wildman–Crippen LogP) is 3.83. The first-order valence-electron chi connectivity index (χ1n) is 16.6. The van der Waals surface area contributed by atoms with E-state index in [0.29, 0.717) is 17.9 Å². The minimum atomic E-state index is -1.77. The molecule has 0 aliphatic carbocycles. The highest BCUT2D eigenvalue weighted by Crippen LogP contribution is 2.19. The van der Waals surface area contributed by atoms with Gasteiger partial charge in [-0.25, -0.2) is 4.79 Å². The molecular formula is C35H56N2O9. The zero-order chi connectivity index (χ0) is 34.1. The number of benzene rings is 1. The molecule has 1 aliphatic rings. The summed E-state index contributed by atoms with van der Waals surface area (Å²) in [5, 5.41) is 36.5. The Morgan fingerprint density at radius 2 is 1.61 bits per heavy atom. The standard InChI is InChI=1S/C35H56N2O9/c1-6-7-8-9-10-11-12-13-22-45-25-16-14-24(15-17-25)34(43)46-26-18-19-27(32(41)36-23-26)37-33(42)31(44-5)30(40)29(39)28(38)20-21-35(2,3)4/h14-17,20-21,26-31,38-40H,6-13,18-19,22-23H2,1-5H3,(H,36,41)(H,37,42)/b21-20+/t26-,27+,28-,29+,30-,31-/m1/s1. The molecule has 1 heterocycles. The molecule has 2 amide bonds. The normalized spacial score (nSPS) is 19.9. The third-order valence-corrected chi connectivity index (χ3v) is 7.86. The van der Waals surface area contributed by atoms with Crippen LogP contribution in [-0.2, 0) is 19.1 Å². The Hall–Kier alpha value is -2.99. The summed E-state index contributed by atoms with van der Waals surface area (Å²) in [4.78, 5) is 38.4. The second-order valence-electron chi connectivity index (χ2n) is 13.1. The van der Waals surface area contributed by atoms with Crippen LogP contribution in [0.5, 0.6) is 5.75 Å². The number of aliphatic hydroxyl groups excluding tert-OH is 3. The molecule has 5 N–H and O–H groups in total. The van der Waals surface area contributed by atoms with Gasteiger partial charge >= 0.3 is 5.97 Å². The zero-order valence-corrected chi connectivity index (χ0v) is 28.2. The van der Waals surface area contributed by atoms with Crippen LogP contribution in [0.4, 0.5) is 0 Å². The average molecular weight is 649 g/mol. The first-order valence-corrected chi connectivity index (χ1v) is 16.6. The Kier molecular flexibility index (Phi) is 17.3. The van der Waals surface area contributed by atoms with Crippen LogP contribution in [-0.4, -0.2) is 89.9 Å². The van der Waals surface area contributed by atoms with Gasteiger partial charge in [0.2, 0.25) is 5.91 Å². The van der Waals surface area contributed by atoms with Crippen molar-refractivity contribution in [3.63, 3.8) is 0 Å². The highest BCUT2D eigenvalue weighted by Gasteiger charge is 2.37. The van der Waals surface area contributed by atoms with Gasteiger partial charge in [0.1, 0.15) is 36.2 Å². The molecule has 260 valence electrons. The van der Waals surface area contributed by atoms with E-state index in [9.17, 15) is 29.7 Å². The van der Waals surface area contributed by atoms with E-state index < -0.39 is 54.3 Å². The molecule has 2 rings (SSSR count). The van der Waals surface area contributed by atoms with Crippen LogP contribution in [0, 0.1) is 5.41 Å². The molecule has 11 nitrogen and oxygen atoms in total. The predicted molar refractivity (Wildman–Crippen MR) is 175 cm³/mol. The number of carbonyl (C=O) groups excluding carboxylic acids is 3. The van der Waals surface area contributed by atoms with E-state index in [2.05, 4.69) is 17.6 Å². The number of esters is 1. The van der Waals surface area contributed by atoms with Crippen LogP contribution in [0.3, 0.4) is 0 Å². The first-order chi connectivity index (χ1) is 21.9. The van der Waals surface area contributed by atoms with E-state index in [1.807, 2.05) is 20.8 Å². The largest absolute Gasteiger partial charge is 0.494 e. The van der Waals surface area contributed by atoms with Crippen molar-refractivity contribution in [2.45, 2.75) is 128 Å². The van der Waals surface area contributed by atoms with E-state index in [-0.39, 0.29) is 24.8 Å². The number of methoxy groups -OCH3 is 1. The van der Waals surface area contributed by atoms with Crippen molar-refractivity contribution in [1.29, 1.82) is 0 Å². The fourth-order valence-electron chi connectivity index (χ4n) is 5.03. The molecule has 11 heteroatoms. The van der Waals surface area contributed by atoms with Gasteiger partial charge in [-0.3, -0.25) is 9.59 Å². The monoisotopic (exact) mass is 648 g/mol. The topological polar surface area (TPSA) is 164 Å². The summed E-state index contributed by atoms with van der Waals surface area (Å²) in [5.41, 5.74) is 0.0870. The van der Waals surface area contributed by atoms with Crippen molar-refractivity contribution in [3.05, 3.63) is 42.0 Å². The summed E-state index contributed by atoms with van der Waals surface area (Å²) in [6.45, 7) is 8.62. The maximum Gasteiger partial charge on any atom is 0.338 e. The number of rotatable bonds is 19. The van der Waals surface area contributed by atoms with Gasteiger partial charge in [-0.2, -0.15) is 0 Å². The van der Waals surface area contributed by atoms with Crippen LogP contribution < -0.4 is 15.4 Å². The third-order valence-electron chi connectivity index (χ3n) is 7.86. The summed E-state index contributed by atoms with van der Waals surface area (Å²) >= 11 is 0. The van der Waals surface area contributed by atoms with Crippen LogP contribution in [0.2, 0.25) is 0 Å². The zero-order valence-electron chi connectivity index (χ0n) is 28.2. The van der Waals surface area contributed by atoms with E-state index in [4.69, 9.17) is 14.2 Å².